The molecule has 0 aromatic carbocycles. The zero-order valence-corrected chi connectivity index (χ0v) is 5.75. The van der Waals surface area contributed by atoms with Gasteiger partial charge in [0.25, 0.3) is 0 Å². The zero-order chi connectivity index (χ0) is 6.81. The normalized spacial score (nSPS) is 18.0. The average molecular weight is 138 g/mol. The first-order chi connectivity index (χ1) is 4.97. The summed E-state index contributed by atoms with van der Waals surface area (Å²) in [7, 11) is 0. The van der Waals surface area contributed by atoms with Crippen molar-refractivity contribution in [1.29, 1.82) is 0 Å². The maximum absolute atomic E-state index is 4.13. The molecule has 2 heterocycles. The van der Waals surface area contributed by atoms with Crippen LogP contribution in [0.15, 0.2) is 6.33 Å². The van der Waals surface area contributed by atoms with Crippen LogP contribution in [0.2, 0.25) is 0 Å². The van der Waals surface area contributed by atoms with Gasteiger partial charge in [-0.3, -0.25) is 0 Å². The standard InChI is InChI=1S/C6H10N4/c1-2-7-3-4-10-6(1)8-5-9-10/h5,7H,1-4H2. The molecule has 2 rings (SSSR count). The third-order valence-corrected chi connectivity index (χ3v) is 1.72. The van der Waals surface area contributed by atoms with Crippen molar-refractivity contribution in [1.82, 2.24) is 20.1 Å². The van der Waals surface area contributed by atoms with Gasteiger partial charge in [-0.2, -0.15) is 5.10 Å². The highest BCUT2D eigenvalue weighted by molar-refractivity contribution is 4.87. The van der Waals surface area contributed by atoms with Crippen LogP contribution < -0.4 is 5.32 Å². The van der Waals surface area contributed by atoms with Gasteiger partial charge >= 0.3 is 0 Å². The zero-order valence-electron chi connectivity index (χ0n) is 5.75. The molecule has 1 aliphatic heterocycles. The number of fused-ring (bicyclic) bond motifs is 1. The van der Waals surface area contributed by atoms with E-state index in [0.29, 0.717) is 0 Å². The van der Waals surface area contributed by atoms with Crippen molar-refractivity contribution in [2.45, 2.75) is 13.0 Å². The molecule has 0 bridgehead atoms. The smallest absolute Gasteiger partial charge is 0.138 e. The second kappa shape index (κ2) is 2.38. The summed E-state index contributed by atoms with van der Waals surface area (Å²) in [5.41, 5.74) is 0. The number of aromatic nitrogens is 3. The van der Waals surface area contributed by atoms with E-state index < -0.39 is 0 Å². The molecule has 0 atom stereocenters. The van der Waals surface area contributed by atoms with Crippen molar-refractivity contribution in [3.8, 4) is 0 Å². The number of nitrogens with zero attached hydrogens (tertiary/aromatic N) is 3. The number of nitrogens with one attached hydrogen (secondary N) is 1. The van der Waals surface area contributed by atoms with Crippen LogP contribution in [0.25, 0.3) is 0 Å². The van der Waals surface area contributed by atoms with E-state index in [9.17, 15) is 0 Å². The van der Waals surface area contributed by atoms with Crippen molar-refractivity contribution in [3.63, 3.8) is 0 Å². The Balaban J connectivity index is 2.28. The van der Waals surface area contributed by atoms with Gasteiger partial charge in [-0.1, -0.05) is 0 Å². The number of hydrogen-bond acceptors (Lipinski definition) is 3. The maximum Gasteiger partial charge on any atom is 0.138 e. The summed E-state index contributed by atoms with van der Waals surface area (Å²) in [6.07, 6.45) is 2.63. The van der Waals surface area contributed by atoms with E-state index in [1.54, 1.807) is 6.33 Å². The van der Waals surface area contributed by atoms with Gasteiger partial charge in [-0.25, -0.2) is 9.67 Å². The molecule has 1 aromatic rings. The van der Waals surface area contributed by atoms with Gasteiger partial charge in [0.05, 0.1) is 6.54 Å². The van der Waals surface area contributed by atoms with Crippen LogP contribution >= 0.6 is 0 Å². The number of hydrogen-bond donors (Lipinski definition) is 1. The lowest BCUT2D eigenvalue weighted by Gasteiger charge is -1.96. The molecular formula is C6H10N4. The second-order valence-electron chi connectivity index (χ2n) is 2.40. The summed E-state index contributed by atoms with van der Waals surface area (Å²) in [5.74, 6) is 1.10. The van der Waals surface area contributed by atoms with Crippen molar-refractivity contribution >= 4 is 0 Å². The maximum atomic E-state index is 4.13. The average Bonchev–Trinajstić information content (AvgIpc) is 2.28. The van der Waals surface area contributed by atoms with Crippen molar-refractivity contribution < 1.29 is 0 Å². The van der Waals surface area contributed by atoms with Gasteiger partial charge in [0.1, 0.15) is 12.2 Å². The molecule has 0 saturated carbocycles. The van der Waals surface area contributed by atoms with E-state index >= 15 is 0 Å². The molecule has 1 aromatic heterocycles. The molecule has 0 amide bonds. The van der Waals surface area contributed by atoms with Gasteiger partial charge in [0, 0.05) is 19.5 Å². The highest BCUT2D eigenvalue weighted by atomic mass is 15.3. The molecule has 1 aliphatic rings. The molecule has 4 heteroatoms. The first-order valence-corrected chi connectivity index (χ1v) is 3.54. The van der Waals surface area contributed by atoms with Gasteiger partial charge in [-0.15, -0.1) is 0 Å². The van der Waals surface area contributed by atoms with Crippen LogP contribution in [-0.4, -0.2) is 27.9 Å². The minimum atomic E-state index is 0.954. The lowest BCUT2D eigenvalue weighted by atomic mass is 10.4. The number of rotatable bonds is 0. The topological polar surface area (TPSA) is 42.7 Å². The minimum Gasteiger partial charge on any atom is -0.314 e. The van der Waals surface area contributed by atoms with Crippen molar-refractivity contribution in [2.75, 3.05) is 13.1 Å². The van der Waals surface area contributed by atoms with Crippen LogP contribution in [0.5, 0.6) is 0 Å². The summed E-state index contributed by atoms with van der Waals surface area (Å²) in [4.78, 5) is 4.13. The summed E-state index contributed by atoms with van der Waals surface area (Å²) >= 11 is 0. The molecule has 0 saturated heterocycles. The van der Waals surface area contributed by atoms with E-state index in [2.05, 4.69) is 15.4 Å². The monoisotopic (exact) mass is 138 g/mol. The molecule has 54 valence electrons. The highest BCUT2D eigenvalue weighted by Gasteiger charge is 2.06. The predicted molar refractivity (Wildman–Crippen MR) is 36.6 cm³/mol. The van der Waals surface area contributed by atoms with Crippen molar-refractivity contribution in [3.05, 3.63) is 12.2 Å². The second-order valence-corrected chi connectivity index (χ2v) is 2.40. The summed E-state index contributed by atoms with van der Waals surface area (Å²) in [6, 6.07) is 0. The molecule has 0 spiro atoms. The first kappa shape index (κ1) is 5.85. The van der Waals surface area contributed by atoms with Crippen LogP contribution in [0.3, 0.4) is 0 Å². The Morgan fingerprint density at radius 2 is 2.50 bits per heavy atom. The Kier molecular flexibility index (Phi) is 1.39. The Hall–Kier alpha value is -0.900. The summed E-state index contributed by atoms with van der Waals surface area (Å²) < 4.78 is 1.96. The van der Waals surface area contributed by atoms with Crippen LogP contribution in [0, 0.1) is 0 Å². The Labute approximate surface area is 59.3 Å². The fourth-order valence-electron chi connectivity index (χ4n) is 1.18. The highest BCUT2D eigenvalue weighted by Crippen LogP contribution is 1.96. The van der Waals surface area contributed by atoms with E-state index in [1.165, 1.54) is 0 Å². The molecular weight excluding hydrogens is 128 g/mol. The third-order valence-electron chi connectivity index (χ3n) is 1.72. The molecule has 1 N–H and O–H groups in total. The third kappa shape index (κ3) is 0.903. The molecule has 0 unspecified atom stereocenters. The Morgan fingerprint density at radius 3 is 3.50 bits per heavy atom. The van der Waals surface area contributed by atoms with Gasteiger partial charge < -0.3 is 5.32 Å². The molecule has 10 heavy (non-hydrogen) atoms. The molecule has 0 fully saturated rings. The Morgan fingerprint density at radius 1 is 1.50 bits per heavy atom. The van der Waals surface area contributed by atoms with Gasteiger partial charge in [-0.05, 0) is 0 Å². The first-order valence-electron chi connectivity index (χ1n) is 3.54. The van der Waals surface area contributed by atoms with Gasteiger partial charge in [0.2, 0.25) is 0 Å². The van der Waals surface area contributed by atoms with Crippen LogP contribution in [0.1, 0.15) is 5.82 Å². The largest absolute Gasteiger partial charge is 0.314 e. The van der Waals surface area contributed by atoms with Gasteiger partial charge in [0.15, 0.2) is 0 Å². The molecule has 0 radical (unpaired) electrons. The predicted octanol–water partition coefficient (Wildman–Crippen LogP) is -0.576. The Bertz CT molecular complexity index is 197. The van der Waals surface area contributed by atoms with Crippen molar-refractivity contribution in [2.24, 2.45) is 0 Å². The van der Waals surface area contributed by atoms with E-state index in [4.69, 9.17) is 0 Å². The van der Waals surface area contributed by atoms with E-state index in [-0.39, 0.29) is 0 Å². The fraction of sp³-hybridized carbons (Fsp3) is 0.667. The summed E-state index contributed by atoms with van der Waals surface area (Å²) in [5, 5.41) is 7.36. The quantitative estimate of drug-likeness (QED) is 0.521. The lowest BCUT2D eigenvalue weighted by molar-refractivity contribution is 0.588. The molecule has 0 aliphatic carbocycles. The molecule has 4 nitrogen and oxygen atoms in total. The summed E-state index contributed by atoms with van der Waals surface area (Å²) in [6.45, 7) is 2.99. The fourth-order valence-corrected chi connectivity index (χ4v) is 1.18. The van der Waals surface area contributed by atoms with E-state index in [0.717, 1.165) is 31.9 Å². The van der Waals surface area contributed by atoms with Crippen LogP contribution in [-0.2, 0) is 13.0 Å². The van der Waals surface area contributed by atoms with Crippen LogP contribution in [0.4, 0.5) is 0 Å². The minimum absolute atomic E-state index is 0.954. The SMILES string of the molecule is c1nc2n(n1)CCNCC2. The van der Waals surface area contributed by atoms with E-state index in [1.807, 2.05) is 4.68 Å². The lowest BCUT2D eigenvalue weighted by Crippen LogP contribution is -2.17.